The summed E-state index contributed by atoms with van der Waals surface area (Å²) in [7, 11) is 0. The van der Waals surface area contributed by atoms with Gasteiger partial charge in [0.25, 0.3) is 5.91 Å². The minimum atomic E-state index is -4.86. The minimum absolute atomic E-state index is 0.0254. The lowest BCUT2D eigenvalue weighted by Gasteiger charge is -2.22. The predicted octanol–water partition coefficient (Wildman–Crippen LogP) is 3.08. The average Bonchev–Trinajstić information content (AvgIpc) is 2.42. The highest BCUT2D eigenvalue weighted by atomic mass is 19.4. The molecule has 0 aliphatic rings. The van der Waals surface area contributed by atoms with Gasteiger partial charge in [0, 0.05) is 18.7 Å². The molecule has 3 nitrogen and oxygen atoms in total. The van der Waals surface area contributed by atoms with E-state index in [2.05, 4.69) is 0 Å². The Hall–Kier alpha value is -1.63. The standard InChI is InChI=1S/C14H17F4NO2/c1-2-3-6-19(7-8-20)13(21)10-4-5-12(15)11(9-10)14(16,17)18/h4-5,9,20H,2-3,6-8H2,1H3. The van der Waals surface area contributed by atoms with E-state index in [1.165, 1.54) is 4.90 Å². The number of unbranched alkanes of at least 4 members (excludes halogenated alkanes) is 1. The van der Waals surface area contributed by atoms with E-state index < -0.39 is 23.5 Å². The third-order valence-corrected chi connectivity index (χ3v) is 2.96. The Bertz CT molecular complexity index is 488. The summed E-state index contributed by atoms with van der Waals surface area (Å²) in [6, 6.07) is 2.16. The fourth-order valence-corrected chi connectivity index (χ4v) is 1.84. The van der Waals surface area contributed by atoms with Gasteiger partial charge in [-0.3, -0.25) is 4.79 Å². The first kappa shape index (κ1) is 17.4. The number of hydrogen-bond acceptors (Lipinski definition) is 2. The summed E-state index contributed by atoms with van der Waals surface area (Å²) in [5.41, 5.74) is -1.71. The van der Waals surface area contributed by atoms with Gasteiger partial charge in [-0.25, -0.2) is 4.39 Å². The van der Waals surface area contributed by atoms with Crippen LogP contribution in [0.15, 0.2) is 18.2 Å². The summed E-state index contributed by atoms with van der Waals surface area (Å²) in [5.74, 6) is -2.07. The maximum atomic E-state index is 13.2. The normalized spacial score (nSPS) is 11.5. The Morgan fingerprint density at radius 2 is 1.95 bits per heavy atom. The van der Waals surface area contributed by atoms with Crippen LogP contribution in [0.2, 0.25) is 0 Å². The Morgan fingerprint density at radius 3 is 2.48 bits per heavy atom. The van der Waals surface area contributed by atoms with Gasteiger partial charge in [-0.2, -0.15) is 13.2 Å². The van der Waals surface area contributed by atoms with Crippen LogP contribution >= 0.6 is 0 Å². The summed E-state index contributed by atoms with van der Waals surface area (Å²) in [6.45, 7) is 1.97. The van der Waals surface area contributed by atoms with Crippen molar-refractivity contribution in [2.45, 2.75) is 25.9 Å². The number of aliphatic hydroxyl groups excluding tert-OH is 1. The second-order valence-corrected chi connectivity index (χ2v) is 4.56. The number of alkyl halides is 3. The fraction of sp³-hybridized carbons (Fsp3) is 0.500. The molecule has 118 valence electrons. The monoisotopic (exact) mass is 307 g/mol. The molecule has 0 fully saturated rings. The van der Waals surface area contributed by atoms with E-state index in [1.54, 1.807) is 0 Å². The first-order chi connectivity index (χ1) is 9.81. The molecule has 0 radical (unpaired) electrons. The summed E-state index contributed by atoms with van der Waals surface area (Å²) in [5, 5.41) is 8.93. The van der Waals surface area contributed by atoms with Crippen molar-refractivity contribution in [3.63, 3.8) is 0 Å². The molecule has 0 spiro atoms. The zero-order chi connectivity index (χ0) is 16.0. The van der Waals surface area contributed by atoms with Gasteiger partial charge in [-0.1, -0.05) is 13.3 Å². The lowest BCUT2D eigenvalue weighted by Crippen LogP contribution is -2.34. The molecule has 1 N–H and O–H groups in total. The van der Waals surface area contributed by atoms with Crippen LogP contribution in [0.5, 0.6) is 0 Å². The maximum Gasteiger partial charge on any atom is 0.419 e. The number of nitrogens with zero attached hydrogens (tertiary/aromatic N) is 1. The van der Waals surface area contributed by atoms with Gasteiger partial charge in [-0.15, -0.1) is 0 Å². The van der Waals surface area contributed by atoms with Gasteiger partial charge in [0.15, 0.2) is 0 Å². The molecule has 0 saturated heterocycles. The van der Waals surface area contributed by atoms with Gasteiger partial charge < -0.3 is 10.0 Å². The molecular formula is C14H17F4NO2. The molecule has 1 rings (SSSR count). The molecule has 7 heteroatoms. The molecule has 1 aromatic carbocycles. The number of carbonyl (C=O) groups is 1. The van der Waals surface area contributed by atoms with Crippen LogP contribution in [0.1, 0.15) is 35.7 Å². The Kier molecular flexibility index (Phi) is 6.14. The zero-order valence-corrected chi connectivity index (χ0v) is 11.6. The largest absolute Gasteiger partial charge is 0.419 e. The molecule has 0 aliphatic carbocycles. The number of aliphatic hydroxyl groups is 1. The van der Waals surface area contributed by atoms with Crippen LogP contribution in [0.4, 0.5) is 17.6 Å². The van der Waals surface area contributed by atoms with Crippen LogP contribution in [0, 0.1) is 5.82 Å². The smallest absolute Gasteiger partial charge is 0.395 e. The number of rotatable bonds is 6. The van der Waals surface area contributed by atoms with Gasteiger partial charge in [-0.05, 0) is 24.6 Å². The van der Waals surface area contributed by atoms with E-state index in [1.807, 2.05) is 6.92 Å². The first-order valence-corrected chi connectivity index (χ1v) is 6.58. The molecule has 1 amide bonds. The maximum absolute atomic E-state index is 13.2. The van der Waals surface area contributed by atoms with Crippen molar-refractivity contribution in [3.05, 3.63) is 35.1 Å². The van der Waals surface area contributed by atoms with Gasteiger partial charge in [0.05, 0.1) is 12.2 Å². The minimum Gasteiger partial charge on any atom is -0.395 e. The highest BCUT2D eigenvalue weighted by molar-refractivity contribution is 5.94. The molecule has 0 bridgehead atoms. The average molecular weight is 307 g/mol. The van der Waals surface area contributed by atoms with E-state index in [0.29, 0.717) is 25.1 Å². The van der Waals surface area contributed by atoms with Crippen LogP contribution in [-0.4, -0.2) is 35.6 Å². The Morgan fingerprint density at radius 1 is 1.29 bits per heavy atom. The molecule has 0 heterocycles. The van der Waals surface area contributed by atoms with Crippen LogP contribution < -0.4 is 0 Å². The molecule has 1 aromatic rings. The topological polar surface area (TPSA) is 40.5 Å². The first-order valence-electron chi connectivity index (χ1n) is 6.58. The third-order valence-electron chi connectivity index (χ3n) is 2.96. The molecular weight excluding hydrogens is 290 g/mol. The van der Waals surface area contributed by atoms with Crippen molar-refractivity contribution in [2.75, 3.05) is 19.7 Å². The van der Waals surface area contributed by atoms with Crippen molar-refractivity contribution in [3.8, 4) is 0 Å². The molecule has 0 aromatic heterocycles. The summed E-state index contributed by atoms with van der Waals surface area (Å²) in [4.78, 5) is 13.4. The SMILES string of the molecule is CCCCN(CCO)C(=O)c1ccc(F)c(C(F)(F)F)c1. The number of hydrogen-bond donors (Lipinski definition) is 1. The van der Waals surface area contributed by atoms with E-state index in [-0.39, 0.29) is 18.7 Å². The third kappa shape index (κ3) is 4.70. The van der Waals surface area contributed by atoms with Crippen LogP contribution in [-0.2, 0) is 6.18 Å². The zero-order valence-electron chi connectivity index (χ0n) is 11.6. The van der Waals surface area contributed by atoms with Gasteiger partial charge in [0.1, 0.15) is 5.82 Å². The molecule has 0 aliphatic heterocycles. The summed E-state index contributed by atoms with van der Waals surface area (Å²) < 4.78 is 51.1. The highest BCUT2D eigenvalue weighted by Crippen LogP contribution is 2.32. The number of benzene rings is 1. The Balaban J connectivity index is 3.05. The second kappa shape index (κ2) is 7.40. The predicted molar refractivity (Wildman–Crippen MR) is 69.3 cm³/mol. The Labute approximate surface area is 120 Å². The highest BCUT2D eigenvalue weighted by Gasteiger charge is 2.35. The lowest BCUT2D eigenvalue weighted by atomic mass is 10.1. The second-order valence-electron chi connectivity index (χ2n) is 4.56. The van der Waals surface area contributed by atoms with E-state index in [4.69, 9.17) is 5.11 Å². The summed E-state index contributed by atoms with van der Waals surface area (Å²) in [6.07, 6.45) is -3.39. The molecule has 0 atom stereocenters. The van der Waals surface area contributed by atoms with Crippen molar-refractivity contribution in [1.82, 2.24) is 4.90 Å². The van der Waals surface area contributed by atoms with E-state index >= 15 is 0 Å². The lowest BCUT2D eigenvalue weighted by molar-refractivity contribution is -0.140. The van der Waals surface area contributed by atoms with Gasteiger partial charge in [0.2, 0.25) is 0 Å². The summed E-state index contributed by atoms with van der Waals surface area (Å²) >= 11 is 0. The molecule has 21 heavy (non-hydrogen) atoms. The fourth-order valence-electron chi connectivity index (χ4n) is 1.84. The quantitative estimate of drug-likeness (QED) is 0.821. The van der Waals surface area contributed by atoms with E-state index in [0.717, 1.165) is 12.5 Å². The van der Waals surface area contributed by atoms with Crippen molar-refractivity contribution in [2.24, 2.45) is 0 Å². The van der Waals surface area contributed by atoms with Crippen molar-refractivity contribution >= 4 is 5.91 Å². The number of amides is 1. The molecule has 0 unspecified atom stereocenters. The van der Waals surface area contributed by atoms with Crippen molar-refractivity contribution in [1.29, 1.82) is 0 Å². The van der Waals surface area contributed by atoms with Gasteiger partial charge >= 0.3 is 6.18 Å². The molecule has 0 saturated carbocycles. The number of halogens is 4. The van der Waals surface area contributed by atoms with E-state index in [9.17, 15) is 22.4 Å². The number of carbonyl (C=O) groups excluding carboxylic acids is 1. The van der Waals surface area contributed by atoms with Crippen LogP contribution in [0.25, 0.3) is 0 Å². The van der Waals surface area contributed by atoms with Crippen LogP contribution in [0.3, 0.4) is 0 Å². The van der Waals surface area contributed by atoms with Crippen molar-refractivity contribution < 1.29 is 27.5 Å².